The van der Waals surface area contributed by atoms with E-state index in [0.717, 1.165) is 6.42 Å². The Hall–Kier alpha value is -3.08. The Balaban J connectivity index is 2.24. The van der Waals surface area contributed by atoms with Gasteiger partial charge in [-0.2, -0.15) is 0 Å². The summed E-state index contributed by atoms with van der Waals surface area (Å²) < 4.78 is 12.0. The summed E-state index contributed by atoms with van der Waals surface area (Å²) >= 11 is 0. The van der Waals surface area contributed by atoms with Crippen molar-refractivity contribution in [1.82, 2.24) is 4.57 Å². The second kappa shape index (κ2) is 7.21. The van der Waals surface area contributed by atoms with Gasteiger partial charge in [0, 0.05) is 23.0 Å². The number of benzene rings is 2. The maximum Gasteiger partial charge on any atom is 0.340 e. The summed E-state index contributed by atoms with van der Waals surface area (Å²) in [4.78, 5) is 25.4. The van der Waals surface area contributed by atoms with Gasteiger partial charge in [-0.3, -0.25) is 9.36 Å². The number of esters is 1. The minimum absolute atomic E-state index is 0.198. The van der Waals surface area contributed by atoms with Crippen molar-refractivity contribution in [3.05, 3.63) is 70.6 Å². The van der Waals surface area contributed by atoms with Gasteiger partial charge >= 0.3 is 5.97 Å². The van der Waals surface area contributed by atoms with Crippen LogP contribution >= 0.6 is 0 Å². The lowest BCUT2D eigenvalue weighted by molar-refractivity contribution is 0.0506. The van der Waals surface area contributed by atoms with Crippen LogP contribution < -0.4 is 10.3 Å². The van der Waals surface area contributed by atoms with Crippen molar-refractivity contribution >= 4 is 16.7 Å². The number of fused-ring (bicyclic) bond motifs is 1. The number of hydrogen-bond acceptors (Lipinski definition) is 4. The predicted octanol–water partition coefficient (Wildman–Crippen LogP) is 3.57. The first kappa shape index (κ1) is 16.8. The summed E-state index contributed by atoms with van der Waals surface area (Å²) in [6, 6.07) is 14.2. The van der Waals surface area contributed by atoms with Gasteiger partial charge in [-0.1, -0.05) is 31.2 Å². The molecule has 0 aliphatic heterocycles. The lowest BCUT2D eigenvalue weighted by Gasteiger charge is -2.12. The highest BCUT2D eigenvalue weighted by atomic mass is 16.5. The third-order valence-corrected chi connectivity index (χ3v) is 3.91. The van der Waals surface area contributed by atoms with Gasteiger partial charge in [0.25, 0.3) is 5.56 Å². The molecular weight excluding hydrogens is 318 g/mol. The van der Waals surface area contributed by atoms with Crippen LogP contribution in [0.4, 0.5) is 0 Å². The number of nitrogens with zero attached hydrogens (tertiary/aromatic N) is 1. The number of methoxy groups -OCH3 is 1. The summed E-state index contributed by atoms with van der Waals surface area (Å²) in [5.74, 6) is 0.197. The van der Waals surface area contributed by atoms with Crippen LogP contribution in [0.3, 0.4) is 0 Å². The van der Waals surface area contributed by atoms with Gasteiger partial charge in [0.05, 0.1) is 25.0 Å². The Bertz CT molecular complexity index is 975. The summed E-state index contributed by atoms with van der Waals surface area (Å²) in [6.07, 6.45) is 2.27. The molecule has 5 nitrogen and oxygen atoms in total. The smallest absolute Gasteiger partial charge is 0.340 e. The summed E-state index contributed by atoms with van der Waals surface area (Å²) in [6.45, 7) is 2.27. The molecular formula is C20H19NO4. The fraction of sp³-hybridized carbons (Fsp3) is 0.200. The Morgan fingerprint density at radius 1 is 1.08 bits per heavy atom. The molecule has 0 aliphatic carbocycles. The normalized spacial score (nSPS) is 10.6. The van der Waals surface area contributed by atoms with Crippen LogP contribution in [0.5, 0.6) is 5.75 Å². The van der Waals surface area contributed by atoms with E-state index in [1.54, 1.807) is 55.6 Å². The van der Waals surface area contributed by atoms with Crippen LogP contribution in [-0.2, 0) is 4.74 Å². The van der Waals surface area contributed by atoms with E-state index in [9.17, 15) is 9.59 Å². The van der Waals surface area contributed by atoms with Gasteiger partial charge < -0.3 is 9.47 Å². The van der Waals surface area contributed by atoms with Crippen molar-refractivity contribution in [2.75, 3.05) is 13.7 Å². The number of ether oxygens (including phenoxy) is 2. The van der Waals surface area contributed by atoms with Crippen LogP contribution in [0.2, 0.25) is 0 Å². The van der Waals surface area contributed by atoms with E-state index in [4.69, 9.17) is 9.47 Å². The van der Waals surface area contributed by atoms with Crippen molar-refractivity contribution in [1.29, 1.82) is 0 Å². The minimum atomic E-state index is -0.435. The lowest BCUT2D eigenvalue weighted by atomic mass is 10.1. The topological polar surface area (TPSA) is 57.5 Å². The highest BCUT2D eigenvalue weighted by Gasteiger charge is 2.16. The van der Waals surface area contributed by atoms with Gasteiger partial charge in [0.1, 0.15) is 5.75 Å². The molecule has 1 heterocycles. The fourth-order valence-corrected chi connectivity index (χ4v) is 2.68. The number of pyridine rings is 1. The SMILES string of the molecule is CCCOC(=O)c1cn(-c2cccc(OC)c2)c(=O)c2ccccc12. The average molecular weight is 337 g/mol. The van der Waals surface area contributed by atoms with Gasteiger partial charge in [0.2, 0.25) is 0 Å². The van der Waals surface area contributed by atoms with Gasteiger partial charge in [-0.25, -0.2) is 4.79 Å². The minimum Gasteiger partial charge on any atom is -0.497 e. The Kier molecular flexibility index (Phi) is 4.84. The number of carbonyl (C=O) groups excluding carboxylic acids is 1. The first-order chi connectivity index (χ1) is 12.2. The van der Waals surface area contributed by atoms with Crippen molar-refractivity contribution in [3.63, 3.8) is 0 Å². The molecule has 0 saturated heterocycles. The average Bonchev–Trinajstić information content (AvgIpc) is 2.66. The Labute approximate surface area is 145 Å². The van der Waals surface area contributed by atoms with Crippen molar-refractivity contribution in [2.45, 2.75) is 13.3 Å². The van der Waals surface area contributed by atoms with E-state index < -0.39 is 5.97 Å². The van der Waals surface area contributed by atoms with E-state index in [-0.39, 0.29) is 5.56 Å². The third kappa shape index (κ3) is 3.26. The van der Waals surface area contributed by atoms with E-state index in [1.165, 1.54) is 10.8 Å². The van der Waals surface area contributed by atoms with Gasteiger partial charge in [-0.15, -0.1) is 0 Å². The highest BCUT2D eigenvalue weighted by Crippen LogP contribution is 2.20. The first-order valence-corrected chi connectivity index (χ1v) is 8.11. The fourth-order valence-electron chi connectivity index (χ4n) is 2.68. The second-order valence-electron chi connectivity index (χ2n) is 5.60. The predicted molar refractivity (Wildman–Crippen MR) is 96.7 cm³/mol. The quantitative estimate of drug-likeness (QED) is 0.668. The van der Waals surface area contributed by atoms with E-state index >= 15 is 0 Å². The number of hydrogen-bond donors (Lipinski definition) is 0. The molecule has 3 rings (SSSR count). The molecule has 0 radical (unpaired) electrons. The van der Waals surface area contributed by atoms with E-state index in [2.05, 4.69) is 0 Å². The zero-order valence-corrected chi connectivity index (χ0v) is 14.2. The van der Waals surface area contributed by atoms with Crippen LogP contribution in [0.15, 0.2) is 59.5 Å². The molecule has 0 saturated carbocycles. The molecule has 0 atom stereocenters. The van der Waals surface area contributed by atoms with E-state index in [0.29, 0.717) is 34.4 Å². The molecule has 1 aromatic heterocycles. The first-order valence-electron chi connectivity index (χ1n) is 8.11. The summed E-state index contributed by atoms with van der Waals surface area (Å²) in [5, 5.41) is 1.06. The molecule has 0 N–H and O–H groups in total. The summed E-state index contributed by atoms with van der Waals surface area (Å²) in [5.41, 5.74) is 0.794. The molecule has 25 heavy (non-hydrogen) atoms. The monoisotopic (exact) mass is 337 g/mol. The van der Waals surface area contributed by atoms with Crippen molar-refractivity contribution in [3.8, 4) is 11.4 Å². The molecule has 2 aromatic carbocycles. The molecule has 128 valence electrons. The van der Waals surface area contributed by atoms with Crippen LogP contribution in [0, 0.1) is 0 Å². The largest absolute Gasteiger partial charge is 0.497 e. The number of rotatable bonds is 5. The third-order valence-electron chi connectivity index (χ3n) is 3.91. The van der Waals surface area contributed by atoms with Crippen LogP contribution in [0.25, 0.3) is 16.5 Å². The highest BCUT2D eigenvalue weighted by molar-refractivity contribution is 6.04. The Morgan fingerprint density at radius 2 is 1.84 bits per heavy atom. The lowest BCUT2D eigenvalue weighted by Crippen LogP contribution is -2.21. The van der Waals surface area contributed by atoms with Crippen molar-refractivity contribution < 1.29 is 14.3 Å². The van der Waals surface area contributed by atoms with Crippen molar-refractivity contribution in [2.24, 2.45) is 0 Å². The summed E-state index contributed by atoms with van der Waals surface area (Å²) in [7, 11) is 1.57. The number of carbonyl (C=O) groups is 1. The van der Waals surface area contributed by atoms with E-state index in [1.807, 2.05) is 6.92 Å². The maximum absolute atomic E-state index is 12.9. The Morgan fingerprint density at radius 3 is 2.56 bits per heavy atom. The van der Waals surface area contributed by atoms with Gasteiger partial charge in [-0.05, 0) is 24.6 Å². The van der Waals surface area contributed by atoms with Gasteiger partial charge in [0.15, 0.2) is 0 Å². The van der Waals surface area contributed by atoms with Crippen LogP contribution in [-0.4, -0.2) is 24.3 Å². The second-order valence-corrected chi connectivity index (χ2v) is 5.60. The molecule has 0 spiro atoms. The molecule has 0 aliphatic rings. The standard InChI is InChI=1S/C20H19NO4/c1-3-11-25-20(23)18-13-21(14-7-6-8-15(12-14)24-2)19(22)17-10-5-4-9-16(17)18/h4-10,12-13H,3,11H2,1-2H3. The molecule has 0 bridgehead atoms. The maximum atomic E-state index is 12.9. The molecule has 0 amide bonds. The molecule has 3 aromatic rings. The molecule has 0 fully saturated rings. The molecule has 0 unspecified atom stereocenters. The zero-order valence-electron chi connectivity index (χ0n) is 14.2. The number of aromatic nitrogens is 1. The van der Waals surface area contributed by atoms with Crippen LogP contribution in [0.1, 0.15) is 23.7 Å². The zero-order chi connectivity index (χ0) is 17.8. The molecule has 5 heteroatoms.